The van der Waals surface area contributed by atoms with Crippen molar-refractivity contribution in [2.45, 2.75) is 160 Å². The molecule has 2 aromatic rings. The van der Waals surface area contributed by atoms with Gasteiger partial charge in [-0.1, -0.05) is 88.8 Å². The monoisotopic (exact) mass is 558 g/mol. The van der Waals surface area contributed by atoms with Gasteiger partial charge in [-0.05, 0) is 154 Å². The van der Waals surface area contributed by atoms with Gasteiger partial charge in [-0.3, -0.25) is 0 Å². The summed E-state index contributed by atoms with van der Waals surface area (Å²) in [7, 11) is 0. The second-order valence-electron chi connectivity index (χ2n) is 14.4. The van der Waals surface area contributed by atoms with Crippen molar-refractivity contribution in [3.63, 3.8) is 0 Å². The van der Waals surface area contributed by atoms with Crippen LogP contribution in [0.5, 0.6) is 0 Å². The number of unbranched alkanes of at least 4 members (excludes halogenated alkanes) is 4. The van der Waals surface area contributed by atoms with Crippen molar-refractivity contribution in [1.82, 2.24) is 0 Å². The topological polar surface area (TPSA) is 0 Å². The number of halogens is 1. The van der Waals surface area contributed by atoms with Crippen LogP contribution in [0.15, 0.2) is 42.5 Å². The first-order valence-electron chi connectivity index (χ1n) is 18.0. The van der Waals surface area contributed by atoms with Crippen molar-refractivity contribution in [3.8, 4) is 0 Å². The van der Waals surface area contributed by atoms with Crippen molar-refractivity contribution in [2.75, 3.05) is 0 Å². The average Bonchev–Trinajstić information content (AvgIpc) is 3.03. The summed E-state index contributed by atoms with van der Waals surface area (Å²) >= 11 is 0. The molecular formula is C40H59F. The van der Waals surface area contributed by atoms with Gasteiger partial charge in [0.25, 0.3) is 0 Å². The summed E-state index contributed by atoms with van der Waals surface area (Å²) in [5.74, 6) is 4.98. The Bertz CT molecular complexity index is 1010. The third-order valence-electron chi connectivity index (χ3n) is 11.8. The minimum Gasteiger partial charge on any atom is -0.207 e. The summed E-state index contributed by atoms with van der Waals surface area (Å²) in [6.07, 6.45) is 26.5. The number of aryl methyl sites for hydroxylation is 1. The van der Waals surface area contributed by atoms with Crippen LogP contribution in [0.25, 0.3) is 0 Å². The molecule has 0 heterocycles. The molecule has 0 atom stereocenters. The molecule has 0 spiro atoms. The summed E-state index contributed by atoms with van der Waals surface area (Å²) in [5, 5.41) is 0. The molecule has 0 amide bonds. The van der Waals surface area contributed by atoms with Crippen LogP contribution in [-0.2, 0) is 6.42 Å². The fourth-order valence-electron chi connectivity index (χ4n) is 8.94. The smallest absolute Gasteiger partial charge is 0.126 e. The summed E-state index contributed by atoms with van der Waals surface area (Å²) < 4.78 is 14.8. The second kappa shape index (κ2) is 15.7. The normalized spacial score (nSPS) is 29.0. The number of hydrogen-bond acceptors (Lipinski definition) is 0. The Hall–Kier alpha value is -1.63. The van der Waals surface area contributed by atoms with Crippen LogP contribution in [0, 0.1) is 23.6 Å². The predicted molar refractivity (Wildman–Crippen MR) is 174 cm³/mol. The fraction of sp³-hybridized carbons (Fsp3) is 0.700. The van der Waals surface area contributed by atoms with Crippen molar-refractivity contribution in [3.05, 3.63) is 70.5 Å². The first-order chi connectivity index (χ1) is 20.1. The van der Waals surface area contributed by atoms with Gasteiger partial charge in [0, 0.05) is 0 Å². The molecular weight excluding hydrogens is 499 g/mol. The summed E-state index contributed by atoms with van der Waals surface area (Å²) in [6, 6.07) is 16.2. The lowest BCUT2D eigenvalue weighted by Crippen LogP contribution is -2.25. The van der Waals surface area contributed by atoms with Crippen molar-refractivity contribution >= 4 is 0 Å². The minimum atomic E-state index is 0.0391. The van der Waals surface area contributed by atoms with Crippen LogP contribution < -0.4 is 0 Å². The van der Waals surface area contributed by atoms with Gasteiger partial charge >= 0.3 is 0 Å². The second-order valence-corrected chi connectivity index (χ2v) is 14.4. The Kier molecular flexibility index (Phi) is 11.8. The Morgan fingerprint density at radius 2 is 1.00 bits per heavy atom. The highest BCUT2D eigenvalue weighted by molar-refractivity contribution is 5.29. The zero-order valence-electron chi connectivity index (χ0n) is 26.5. The average molecular weight is 559 g/mol. The molecule has 3 aliphatic carbocycles. The molecule has 0 nitrogen and oxygen atoms in total. The zero-order valence-corrected chi connectivity index (χ0v) is 26.5. The highest BCUT2D eigenvalue weighted by atomic mass is 19.1. The van der Waals surface area contributed by atoms with E-state index >= 15 is 0 Å². The van der Waals surface area contributed by atoms with E-state index in [2.05, 4.69) is 50.2 Å². The quantitative estimate of drug-likeness (QED) is 0.227. The first kappa shape index (κ1) is 30.8. The molecule has 0 aliphatic heterocycles. The molecule has 0 saturated heterocycles. The largest absolute Gasteiger partial charge is 0.207 e. The molecule has 0 unspecified atom stereocenters. The molecule has 0 radical (unpaired) electrons. The number of benzene rings is 2. The molecule has 3 fully saturated rings. The number of rotatable bonds is 12. The van der Waals surface area contributed by atoms with Crippen LogP contribution in [0.2, 0.25) is 0 Å². The summed E-state index contributed by atoms with van der Waals surface area (Å²) in [6.45, 7) is 4.53. The Morgan fingerprint density at radius 3 is 1.51 bits per heavy atom. The lowest BCUT2D eigenvalue weighted by atomic mass is 9.67. The fourth-order valence-corrected chi connectivity index (χ4v) is 8.94. The van der Waals surface area contributed by atoms with Crippen LogP contribution >= 0.6 is 0 Å². The van der Waals surface area contributed by atoms with E-state index in [9.17, 15) is 4.39 Å². The number of hydrogen-bond donors (Lipinski definition) is 0. The van der Waals surface area contributed by atoms with E-state index in [0.29, 0.717) is 5.92 Å². The van der Waals surface area contributed by atoms with Gasteiger partial charge in [0.2, 0.25) is 0 Å². The van der Waals surface area contributed by atoms with Crippen molar-refractivity contribution in [2.24, 2.45) is 17.8 Å². The van der Waals surface area contributed by atoms with Gasteiger partial charge in [0.1, 0.15) is 5.82 Å². The Labute approximate surface area is 252 Å². The molecule has 0 bridgehead atoms. The third-order valence-corrected chi connectivity index (χ3v) is 11.8. The van der Waals surface area contributed by atoms with Gasteiger partial charge in [-0.15, -0.1) is 0 Å². The lowest BCUT2D eigenvalue weighted by Gasteiger charge is -2.38. The molecule has 0 aromatic heterocycles. The highest BCUT2D eigenvalue weighted by Crippen LogP contribution is 2.46. The van der Waals surface area contributed by atoms with Crippen molar-refractivity contribution < 1.29 is 4.39 Å². The van der Waals surface area contributed by atoms with E-state index in [1.165, 1.54) is 121 Å². The lowest BCUT2D eigenvalue weighted by molar-refractivity contribution is 0.177. The molecule has 3 saturated carbocycles. The summed E-state index contributed by atoms with van der Waals surface area (Å²) in [4.78, 5) is 0. The van der Waals surface area contributed by atoms with Gasteiger partial charge in [0.05, 0.1) is 0 Å². The Morgan fingerprint density at radius 1 is 0.537 bits per heavy atom. The van der Waals surface area contributed by atoms with Gasteiger partial charge in [0.15, 0.2) is 0 Å². The highest BCUT2D eigenvalue weighted by Gasteiger charge is 2.32. The molecule has 41 heavy (non-hydrogen) atoms. The van der Waals surface area contributed by atoms with E-state index in [0.717, 1.165) is 48.0 Å². The molecule has 5 rings (SSSR count). The van der Waals surface area contributed by atoms with Crippen LogP contribution in [-0.4, -0.2) is 0 Å². The first-order valence-corrected chi connectivity index (χ1v) is 18.0. The maximum atomic E-state index is 14.8. The van der Waals surface area contributed by atoms with E-state index in [-0.39, 0.29) is 5.82 Å². The SMILES string of the molecule is CCCCCc1ccc(C2CCC(C3CCC(c4ccc(C5CCC(CCCCC)CC5)cc4)CC3)CC2)cc1F. The van der Waals surface area contributed by atoms with E-state index in [4.69, 9.17) is 0 Å². The summed E-state index contributed by atoms with van der Waals surface area (Å²) in [5.41, 5.74) is 5.39. The third kappa shape index (κ3) is 8.48. The van der Waals surface area contributed by atoms with Gasteiger partial charge in [-0.2, -0.15) is 0 Å². The molecule has 0 N–H and O–H groups in total. The molecule has 3 aliphatic rings. The van der Waals surface area contributed by atoms with Crippen LogP contribution in [0.1, 0.15) is 176 Å². The molecule has 2 aromatic carbocycles. The molecule has 1 heteroatoms. The maximum absolute atomic E-state index is 14.8. The zero-order chi connectivity index (χ0) is 28.4. The standard InChI is InChI=1S/C40H59F/c1-3-5-7-9-30-11-13-31(14-12-30)32-15-17-33(18-16-32)34-19-21-35(22-20-34)36-23-25-37(26-24-36)39-28-27-38(40(41)29-39)10-8-6-4-2/h15-18,27-31,34-37H,3-14,19-26H2,1-2H3. The van der Waals surface area contributed by atoms with Gasteiger partial charge in [-0.25, -0.2) is 4.39 Å². The minimum absolute atomic E-state index is 0.0391. The van der Waals surface area contributed by atoms with E-state index in [1.807, 2.05) is 6.07 Å². The Balaban J connectivity index is 1.03. The van der Waals surface area contributed by atoms with Crippen LogP contribution in [0.3, 0.4) is 0 Å². The van der Waals surface area contributed by atoms with E-state index in [1.54, 1.807) is 11.1 Å². The van der Waals surface area contributed by atoms with Gasteiger partial charge < -0.3 is 0 Å². The maximum Gasteiger partial charge on any atom is 0.126 e. The van der Waals surface area contributed by atoms with Crippen LogP contribution in [0.4, 0.5) is 4.39 Å². The molecule has 226 valence electrons. The predicted octanol–water partition coefficient (Wildman–Crippen LogP) is 12.7. The van der Waals surface area contributed by atoms with E-state index < -0.39 is 0 Å². The van der Waals surface area contributed by atoms with Crippen molar-refractivity contribution in [1.29, 1.82) is 0 Å².